The molecular formula is C25H18Cl2N2O4S2. The van der Waals surface area contributed by atoms with Crippen molar-refractivity contribution in [3.8, 4) is 11.3 Å². The van der Waals surface area contributed by atoms with Gasteiger partial charge in [-0.25, -0.2) is 9.79 Å². The summed E-state index contributed by atoms with van der Waals surface area (Å²) in [5.41, 5.74) is 1.29. The Morgan fingerprint density at radius 1 is 1.26 bits per heavy atom. The minimum atomic E-state index is -0.607. The van der Waals surface area contributed by atoms with Crippen LogP contribution in [0.1, 0.15) is 30.5 Å². The Morgan fingerprint density at radius 3 is 2.83 bits per heavy atom. The molecule has 5 rings (SSSR count). The lowest BCUT2D eigenvalue weighted by molar-refractivity contribution is -0.139. The number of halogens is 2. The van der Waals surface area contributed by atoms with E-state index in [1.807, 2.05) is 17.5 Å². The van der Waals surface area contributed by atoms with E-state index in [-0.39, 0.29) is 12.2 Å². The molecule has 0 fully saturated rings. The molecule has 0 radical (unpaired) electrons. The van der Waals surface area contributed by atoms with Crippen LogP contribution < -0.4 is 14.9 Å². The number of ether oxygens (including phenoxy) is 1. The number of allylic oxidation sites excluding steroid dienone is 1. The van der Waals surface area contributed by atoms with Gasteiger partial charge in [-0.3, -0.25) is 9.36 Å². The summed E-state index contributed by atoms with van der Waals surface area (Å²) in [6, 6.07) is 11.8. The van der Waals surface area contributed by atoms with Crippen molar-refractivity contribution in [2.75, 3.05) is 6.61 Å². The number of hydrogen-bond acceptors (Lipinski definition) is 7. The van der Waals surface area contributed by atoms with Crippen LogP contribution in [0.25, 0.3) is 17.4 Å². The van der Waals surface area contributed by atoms with Gasteiger partial charge in [-0.2, -0.15) is 0 Å². The zero-order valence-electron chi connectivity index (χ0n) is 18.6. The van der Waals surface area contributed by atoms with Gasteiger partial charge in [0, 0.05) is 21.5 Å². The SMILES string of the molecule is CCOC(=O)C1=C(C)N=c2s/c(=C\c3ccc(-c4cc(Cl)ccc4Cl)o3)c(=O)n2C1c1cccs1. The number of rotatable bonds is 5. The van der Waals surface area contributed by atoms with Crippen molar-refractivity contribution in [1.29, 1.82) is 0 Å². The molecule has 0 amide bonds. The van der Waals surface area contributed by atoms with E-state index in [4.69, 9.17) is 32.4 Å². The predicted octanol–water partition coefficient (Wildman–Crippen LogP) is 5.43. The van der Waals surface area contributed by atoms with Crippen molar-refractivity contribution in [2.24, 2.45) is 4.99 Å². The molecule has 1 unspecified atom stereocenters. The first-order chi connectivity index (χ1) is 16.9. The van der Waals surface area contributed by atoms with Crippen LogP contribution in [0, 0.1) is 0 Å². The summed E-state index contributed by atoms with van der Waals surface area (Å²) in [4.78, 5) is 32.3. The zero-order valence-corrected chi connectivity index (χ0v) is 21.7. The molecule has 0 N–H and O–H groups in total. The lowest BCUT2D eigenvalue weighted by Crippen LogP contribution is -2.39. The van der Waals surface area contributed by atoms with E-state index in [2.05, 4.69) is 4.99 Å². The monoisotopic (exact) mass is 544 g/mol. The number of carbonyl (C=O) groups is 1. The topological polar surface area (TPSA) is 73.8 Å². The van der Waals surface area contributed by atoms with Crippen molar-refractivity contribution in [3.05, 3.63) is 99.5 Å². The van der Waals surface area contributed by atoms with Gasteiger partial charge in [-0.05, 0) is 55.6 Å². The Morgan fingerprint density at radius 2 is 2.09 bits per heavy atom. The van der Waals surface area contributed by atoms with Crippen molar-refractivity contribution < 1.29 is 13.9 Å². The average molecular weight is 545 g/mol. The third kappa shape index (κ3) is 4.43. The number of fused-ring (bicyclic) bond motifs is 1. The maximum Gasteiger partial charge on any atom is 0.338 e. The molecule has 10 heteroatoms. The van der Waals surface area contributed by atoms with E-state index in [0.29, 0.717) is 47.7 Å². The second kappa shape index (κ2) is 9.62. The first-order valence-corrected chi connectivity index (χ1v) is 13.1. The van der Waals surface area contributed by atoms with Gasteiger partial charge in [0.25, 0.3) is 5.56 Å². The molecule has 0 saturated carbocycles. The summed E-state index contributed by atoms with van der Waals surface area (Å²) in [6.07, 6.45) is 1.67. The van der Waals surface area contributed by atoms with E-state index in [1.165, 1.54) is 22.7 Å². The third-order valence-electron chi connectivity index (χ3n) is 5.42. The fraction of sp³-hybridized carbons (Fsp3) is 0.160. The lowest BCUT2D eigenvalue weighted by Gasteiger charge is -2.23. The number of benzene rings is 1. The van der Waals surface area contributed by atoms with Crippen molar-refractivity contribution >= 4 is 57.9 Å². The minimum absolute atomic E-state index is 0.231. The second-order valence-electron chi connectivity index (χ2n) is 7.64. The number of carbonyl (C=O) groups excluding carboxylic acids is 1. The van der Waals surface area contributed by atoms with Crippen LogP contribution in [0.3, 0.4) is 0 Å². The molecule has 1 atom stereocenters. The maximum absolute atomic E-state index is 13.6. The Balaban J connectivity index is 1.62. The van der Waals surface area contributed by atoms with Crippen molar-refractivity contribution in [3.63, 3.8) is 0 Å². The lowest BCUT2D eigenvalue weighted by atomic mass is 10.0. The van der Waals surface area contributed by atoms with E-state index >= 15 is 0 Å². The molecule has 3 aromatic heterocycles. The van der Waals surface area contributed by atoms with E-state index in [1.54, 1.807) is 54.8 Å². The summed E-state index contributed by atoms with van der Waals surface area (Å²) >= 11 is 15.1. The molecular weight excluding hydrogens is 527 g/mol. The smallest absolute Gasteiger partial charge is 0.338 e. The summed E-state index contributed by atoms with van der Waals surface area (Å²) in [7, 11) is 0. The highest BCUT2D eigenvalue weighted by atomic mass is 35.5. The molecule has 35 heavy (non-hydrogen) atoms. The fourth-order valence-corrected chi connectivity index (χ4v) is 6.13. The number of furan rings is 1. The predicted molar refractivity (Wildman–Crippen MR) is 139 cm³/mol. The summed E-state index contributed by atoms with van der Waals surface area (Å²) in [5.74, 6) is 0.541. The van der Waals surface area contributed by atoms with Gasteiger partial charge < -0.3 is 9.15 Å². The number of esters is 1. The normalized spacial score (nSPS) is 15.8. The van der Waals surface area contributed by atoms with Crippen LogP contribution >= 0.6 is 45.9 Å². The van der Waals surface area contributed by atoms with Crippen molar-refractivity contribution in [2.45, 2.75) is 19.9 Å². The number of thiazole rings is 1. The highest BCUT2D eigenvalue weighted by Gasteiger charge is 2.33. The van der Waals surface area contributed by atoms with Crippen LogP contribution in [-0.4, -0.2) is 17.1 Å². The van der Waals surface area contributed by atoms with Gasteiger partial charge in [0.15, 0.2) is 4.80 Å². The van der Waals surface area contributed by atoms with Crippen LogP contribution in [-0.2, 0) is 9.53 Å². The minimum Gasteiger partial charge on any atom is -0.463 e. The molecule has 1 aliphatic rings. The van der Waals surface area contributed by atoms with Gasteiger partial charge in [-0.15, -0.1) is 11.3 Å². The molecule has 0 saturated heterocycles. The summed E-state index contributed by atoms with van der Waals surface area (Å²) in [5, 5.41) is 2.96. The van der Waals surface area contributed by atoms with Gasteiger partial charge in [0.2, 0.25) is 0 Å². The van der Waals surface area contributed by atoms with Crippen LogP contribution in [0.5, 0.6) is 0 Å². The van der Waals surface area contributed by atoms with Gasteiger partial charge in [-0.1, -0.05) is 40.6 Å². The van der Waals surface area contributed by atoms with Crippen molar-refractivity contribution in [1.82, 2.24) is 4.57 Å². The molecule has 4 aromatic rings. The van der Waals surface area contributed by atoms with Crippen LogP contribution in [0.4, 0.5) is 0 Å². The Hall–Kier alpha value is -2.91. The Bertz CT molecular complexity index is 1640. The van der Waals surface area contributed by atoms with Gasteiger partial charge in [0.05, 0.1) is 27.4 Å². The first kappa shape index (κ1) is 23.8. The Labute approximate surface area is 218 Å². The molecule has 0 aliphatic carbocycles. The number of thiophene rings is 1. The van der Waals surface area contributed by atoms with Crippen LogP contribution in [0.15, 0.2) is 73.3 Å². The molecule has 6 nitrogen and oxygen atoms in total. The molecule has 178 valence electrons. The maximum atomic E-state index is 13.6. The Kier molecular flexibility index (Phi) is 6.55. The zero-order chi connectivity index (χ0) is 24.7. The molecule has 1 aromatic carbocycles. The number of aromatic nitrogens is 1. The van der Waals surface area contributed by atoms with E-state index in [0.717, 1.165) is 4.88 Å². The highest BCUT2D eigenvalue weighted by molar-refractivity contribution is 7.10. The van der Waals surface area contributed by atoms with Gasteiger partial charge in [0.1, 0.15) is 17.6 Å². The van der Waals surface area contributed by atoms with Crippen LogP contribution in [0.2, 0.25) is 10.0 Å². The van der Waals surface area contributed by atoms with E-state index in [9.17, 15) is 9.59 Å². The molecule has 1 aliphatic heterocycles. The largest absolute Gasteiger partial charge is 0.463 e. The third-order valence-corrected chi connectivity index (χ3v) is 7.90. The molecule has 0 spiro atoms. The molecule has 4 heterocycles. The summed E-state index contributed by atoms with van der Waals surface area (Å²) in [6.45, 7) is 3.74. The number of nitrogens with zero attached hydrogens (tertiary/aromatic N) is 2. The average Bonchev–Trinajstić information content (AvgIpc) is 3.57. The van der Waals surface area contributed by atoms with Gasteiger partial charge >= 0.3 is 5.97 Å². The second-order valence-corrected chi connectivity index (χ2v) is 10.5. The number of hydrogen-bond donors (Lipinski definition) is 0. The molecule has 0 bridgehead atoms. The summed E-state index contributed by atoms with van der Waals surface area (Å²) < 4.78 is 13.2. The first-order valence-electron chi connectivity index (χ1n) is 10.7. The van der Waals surface area contributed by atoms with E-state index < -0.39 is 12.0 Å². The highest BCUT2D eigenvalue weighted by Crippen LogP contribution is 2.34. The fourth-order valence-electron chi connectivity index (χ4n) is 3.90. The quantitative estimate of drug-likeness (QED) is 0.314. The standard InChI is InChI=1S/C25H18Cl2N2O4S2/c1-3-32-24(31)21-13(2)28-25-29(22(21)19-5-4-10-34-19)23(30)20(35-25)12-15-7-9-18(33-15)16-11-14(26)6-8-17(16)27/h4-12,22H,3H2,1-2H3/b20-12-.